The minimum absolute atomic E-state index is 0.293. The molecule has 0 atom stereocenters. The van der Waals surface area contributed by atoms with E-state index in [1.807, 2.05) is 62.4 Å². The van der Waals surface area contributed by atoms with E-state index < -0.39 is 0 Å². The fourth-order valence-corrected chi connectivity index (χ4v) is 3.48. The molecule has 1 aliphatic rings. The molecule has 0 saturated heterocycles. The lowest BCUT2D eigenvalue weighted by atomic mass is 10.0. The van der Waals surface area contributed by atoms with Gasteiger partial charge in [0.1, 0.15) is 11.4 Å². The van der Waals surface area contributed by atoms with Crippen molar-refractivity contribution < 1.29 is 19.1 Å². The number of amides is 2. The van der Waals surface area contributed by atoms with Crippen molar-refractivity contribution in [3.05, 3.63) is 65.4 Å². The lowest BCUT2D eigenvalue weighted by molar-refractivity contribution is -0.137. The molecule has 1 aliphatic heterocycles. The molecule has 164 valence electrons. The molecule has 0 aliphatic carbocycles. The monoisotopic (exact) mass is 422 g/mol. The second-order valence-corrected chi connectivity index (χ2v) is 7.20. The zero-order chi connectivity index (χ0) is 22.2. The summed E-state index contributed by atoms with van der Waals surface area (Å²) in [6, 6.07) is 15.1. The van der Waals surface area contributed by atoms with Crippen LogP contribution in [0.2, 0.25) is 0 Å². The highest BCUT2D eigenvalue weighted by Gasteiger charge is 2.38. The van der Waals surface area contributed by atoms with Gasteiger partial charge in [0.15, 0.2) is 0 Å². The number of hydrogen-bond donors (Lipinski definition) is 1. The highest BCUT2D eigenvalue weighted by Crippen LogP contribution is 2.31. The van der Waals surface area contributed by atoms with Crippen LogP contribution in [0.4, 0.5) is 5.69 Å². The molecule has 0 bridgehead atoms. The van der Waals surface area contributed by atoms with Gasteiger partial charge in [-0.1, -0.05) is 31.2 Å². The van der Waals surface area contributed by atoms with E-state index in [0.29, 0.717) is 49.6 Å². The second kappa shape index (κ2) is 10.8. The highest BCUT2D eigenvalue weighted by atomic mass is 16.5. The summed E-state index contributed by atoms with van der Waals surface area (Å²) in [6.45, 7) is 7.93. The number of imide groups is 1. The predicted molar refractivity (Wildman–Crippen MR) is 122 cm³/mol. The summed E-state index contributed by atoms with van der Waals surface area (Å²) in [4.78, 5) is 27.7. The summed E-state index contributed by atoms with van der Waals surface area (Å²) >= 11 is 0. The van der Waals surface area contributed by atoms with Crippen molar-refractivity contribution in [1.29, 1.82) is 0 Å². The third-order valence-electron chi connectivity index (χ3n) is 5.13. The van der Waals surface area contributed by atoms with E-state index >= 15 is 0 Å². The Kier molecular flexibility index (Phi) is 7.84. The van der Waals surface area contributed by atoms with Crippen LogP contribution in [0.5, 0.6) is 5.75 Å². The molecule has 2 aromatic carbocycles. The van der Waals surface area contributed by atoms with Crippen molar-refractivity contribution >= 4 is 23.1 Å². The number of rotatable bonds is 11. The van der Waals surface area contributed by atoms with Gasteiger partial charge in [-0.25, -0.2) is 0 Å². The van der Waals surface area contributed by atoms with Gasteiger partial charge in [-0.05, 0) is 62.1 Å². The van der Waals surface area contributed by atoms with E-state index in [4.69, 9.17) is 9.47 Å². The Morgan fingerprint density at radius 2 is 1.58 bits per heavy atom. The average Bonchev–Trinajstić information content (AvgIpc) is 3.02. The van der Waals surface area contributed by atoms with Crippen LogP contribution < -0.4 is 10.1 Å². The largest absolute Gasteiger partial charge is 0.494 e. The number of anilines is 1. The molecular weight excluding hydrogens is 392 g/mol. The number of carbonyl (C=O) groups is 2. The average molecular weight is 423 g/mol. The van der Waals surface area contributed by atoms with Gasteiger partial charge in [0.2, 0.25) is 0 Å². The van der Waals surface area contributed by atoms with Crippen LogP contribution >= 0.6 is 0 Å². The molecule has 0 fully saturated rings. The van der Waals surface area contributed by atoms with Crippen LogP contribution in [-0.4, -0.2) is 43.1 Å². The van der Waals surface area contributed by atoms with Gasteiger partial charge >= 0.3 is 0 Å². The third-order valence-corrected chi connectivity index (χ3v) is 5.13. The van der Waals surface area contributed by atoms with Crippen molar-refractivity contribution in [2.75, 3.05) is 31.7 Å². The Morgan fingerprint density at radius 1 is 0.871 bits per heavy atom. The van der Waals surface area contributed by atoms with Crippen molar-refractivity contribution in [3.8, 4) is 5.75 Å². The number of nitrogens with zero attached hydrogens (tertiary/aromatic N) is 1. The Morgan fingerprint density at radius 3 is 2.19 bits per heavy atom. The number of benzene rings is 2. The third kappa shape index (κ3) is 5.33. The first-order valence-electron chi connectivity index (χ1n) is 10.9. The highest BCUT2D eigenvalue weighted by molar-refractivity contribution is 6.36. The number of nitrogens with one attached hydrogen (secondary N) is 1. The molecule has 0 aromatic heterocycles. The zero-order valence-corrected chi connectivity index (χ0v) is 18.4. The Balaban J connectivity index is 1.91. The van der Waals surface area contributed by atoms with E-state index in [2.05, 4.69) is 12.2 Å². The van der Waals surface area contributed by atoms with Gasteiger partial charge in [-0.3, -0.25) is 14.5 Å². The first kappa shape index (κ1) is 22.6. The van der Waals surface area contributed by atoms with E-state index in [1.54, 1.807) is 0 Å². The molecule has 0 spiro atoms. The molecule has 6 nitrogen and oxygen atoms in total. The first-order chi connectivity index (χ1) is 15.1. The second-order valence-electron chi connectivity index (χ2n) is 7.20. The van der Waals surface area contributed by atoms with Crippen LogP contribution in [0.3, 0.4) is 0 Å². The van der Waals surface area contributed by atoms with Gasteiger partial charge in [0, 0.05) is 25.4 Å². The van der Waals surface area contributed by atoms with Gasteiger partial charge in [0.25, 0.3) is 11.8 Å². The first-order valence-corrected chi connectivity index (χ1v) is 10.9. The van der Waals surface area contributed by atoms with Crippen LogP contribution in [-0.2, 0) is 20.7 Å². The Bertz CT molecular complexity index is 933. The molecule has 2 amide bonds. The van der Waals surface area contributed by atoms with E-state index in [1.165, 1.54) is 10.5 Å². The maximum absolute atomic E-state index is 13.2. The number of aryl methyl sites for hydroxylation is 1. The zero-order valence-electron chi connectivity index (χ0n) is 18.4. The van der Waals surface area contributed by atoms with Crippen LogP contribution in [0, 0.1) is 0 Å². The smallest absolute Gasteiger partial charge is 0.278 e. The molecule has 1 heterocycles. The topological polar surface area (TPSA) is 67.9 Å². The van der Waals surface area contributed by atoms with Gasteiger partial charge in [0.05, 0.1) is 12.2 Å². The molecule has 3 rings (SSSR count). The molecule has 0 radical (unpaired) electrons. The maximum Gasteiger partial charge on any atom is 0.278 e. The van der Waals surface area contributed by atoms with Gasteiger partial charge < -0.3 is 14.8 Å². The fraction of sp³-hybridized carbons (Fsp3) is 0.360. The molecule has 31 heavy (non-hydrogen) atoms. The SMILES string of the molecule is CCOCCCN1C(=O)C(Nc2ccc(CC)cc2)=C(c2ccc(OCC)cc2)C1=O. The molecular formula is C25H30N2O4. The summed E-state index contributed by atoms with van der Waals surface area (Å²) in [7, 11) is 0. The minimum atomic E-state index is -0.315. The number of hydrogen-bond acceptors (Lipinski definition) is 5. The van der Waals surface area contributed by atoms with E-state index in [9.17, 15) is 9.59 Å². The number of carbonyl (C=O) groups excluding carboxylic acids is 2. The fourth-order valence-electron chi connectivity index (χ4n) is 3.48. The van der Waals surface area contributed by atoms with Crippen LogP contribution in [0.1, 0.15) is 38.3 Å². The summed E-state index contributed by atoms with van der Waals surface area (Å²) in [6.07, 6.45) is 1.53. The van der Waals surface area contributed by atoms with Crippen LogP contribution in [0.15, 0.2) is 54.2 Å². The molecule has 0 unspecified atom stereocenters. The van der Waals surface area contributed by atoms with Crippen molar-refractivity contribution in [3.63, 3.8) is 0 Å². The van der Waals surface area contributed by atoms with Gasteiger partial charge in [-0.15, -0.1) is 0 Å². The van der Waals surface area contributed by atoms with Crippen molar-refractivity contribution in [2.45, 2.75) is 33.6 Å². The molecule has 1 N–H and O–H groups in total. The predicted octanol–water partition coefficient (Wildman–Crippen LogP) is 4.27. The quantitative estimate of drug-likeness (QED) is 0.433. The lowest BCUT2D eigenvalue weighted by Crippen LogP contribution is -2.34. The minimum Gasteiger partial charge on any atom is -0.494 e. The summed E-state index contributed by atoms with van der Waals surface area (Å²) in [5, 5.41) is 3.20. The summed E-state index contributed by atoms with van der Waals surface area (Å²) in [5.41, 5.74) is 3.34. The molecule has 0 saturated carbocycles. The lowest BCUT2D eigenvalue weighted by Gasteiger charge is -2.15. The normalized spacial score (nSPS) is 13.8. The van der Waals surface area contributed by atoms with Crippen molar-refractivity contribution in [2.24, 2.45) is 0 Å². The molecule has 6 heteroatoms. The standard InChI is InChI=1S/C25H30N2O4/c1-4-18-8-12-20(13-9-18)26-23-22(19-10-14-21(15-11-19)31-6-3)24(28)27(25(23)29)16-7-17-30-5-2/h8-15,26H,4-7,16-17H2,1-3H3. The summed E-state index contributed by atoms with van der Waals surface area (Å²) < 4.78 is 10.9. The van der Waals surface area contributed by atoms with E-state index in [-0.39, 0.29) is 11.8 Å². The maximum atomic E-state index is 13.2. The van der Waals surface area contributed by atoms with Crippen molar-refractivity contribution in [1.82, 2.24) is 4.90 Å². The van der Waals surface area contributed by atoms with E-state index in [0.717, 1.165) is 17.9 Å². The Hall–Kier alpha value is -3.12. The Labute approximate surface area is 183 Å². The van der Waals surface area contributed by atoms with Crippen LogP contribution in [0.25, 0.3) is 5.57 Å². The van der Waals surface area contributed by atoms with Gasteiger partial charge in [-0.2, -0.15) is 0 Å². The summed E-state index contributed by atoms with van der Waals surface area (Å²) in [5.74, 6) is 0.116. The molecule has 2 aromatic rings. The number of ether oxygens (including phenoxy) is 2.